The zero-order chi connectivity index (χ0) is 17.6. The van der Waals surface area contributed by atoms with Crippen molar-refractivity contribution in [2.24, 2.45) is 0 Å². The first kappa shape index (κ1) is 15.2. The lowest BCUT2D eigenvalue weighted by molar-refractivity contribution is 0.913. The first-order valence-electron chi connectivity index (χ1n) is 8.02. The average molecular weight is 333 g/mol. The lowest BCUT2D eigenvalue weighted by Gasteiger charge is -2.05. The number of nitrogen functional groups attached to an aromatic ring is 1. The lowest BCUT2D eigenvalue weighted by atomic mass is 10.0. The lowest BCUT2D eigenvalue weighted by Crippen LogP contribution is -2.01. The minimum Gasteiger partial charge on any atom is -0.388 e. The van der Waals surface area contributed by atoms with Gasteiger partial charge in [0.2, 0.25) is 0 Å². The Bertz CT molecular complexity index is 1040. The van der Waals surface area contributed by atoms with Crippen LogP contribution in [0.4, 0.5) is 11.5 Å². The maximum Gasteiger partial charge on any atom is 0.152 e. The number of benzene rings is 1. The van der Waals surface area contributed by atoms with Crippen molar-refractivity contribution in [1.29, 1.82) is 0 Å². The summed E-state index contributed by atoms with van der Waals surface area (Å²) in [5, 5.41) is 14.9. The van der Waals surface area contributed by atoms with Crippen LogP contribution in [0.2, 0.25) is 0 Å². The molecule has 4 N–H and O–H groups in total. The summed E-state index contributed by atoms with van der Waals surface area (Å²) in [4.78, 5) is 4.18. The fraction of sp³-hybridized carbons (Fsp3) is 0.167. The Kier molecular flexibility index (Phi) is 3.42. The second kappa shape index (κ2) is 5.62. The van der Waals surface area contributed by atoms with Gasteiger partial charge in [0.1, 0.15) is 11.8 Å². The molecule has 0 unspecified atom stereocenters. The van der Waals surface area contributed by atoms with E-state index in [1.165, 1.54) is 6.33 Å². The Balaban J connectivity index is 2.02. The number of rotatable bonds is 3. The number of aromatic nitrogens is 5. The number of nitrogens with zero attached hydrogens (tertiary/aromatic N) is 4. The number of nitrogens with one attached hydrogen (secondary N) is 2. The summed E-state index contributed by atoms with van der Waals surface area (Å²) in [6.07, 6.45) is 1.48. The molecule has 3 heterocycles. The van der Waals surface area contributed by atoms with Gasteiger partial charge in [-0.2, -0.15) is 10.2 Å². The number of anilines is 2. The Hall–Kier alpha value is -3.35. The van der Waals surface area contributed by atoms with Gasteiger partial charge in [-0.25, -0.2) is 9.50 Å². The second-order valence-electron chi connectivity index (χ2n) is 5.99. The number of hydrogen-bond donors (Lipinski definition) is 3. The minimum absolute atomic E-state index is 0.452. The minimum atomic E-state index is 0.452. The summed E-state index contributed by atoms with van der Waals surface area (Å²) >= 11 is 0. The number of aryl methyl sites for hydroxylation is 2. The van der Waals surface area contributed by atoms with Crippen LogP contribution >= 0.6 is 0 Å². The molecule has 7 nitrogen and oxygen atoms in total. The molecule has 0 saturated heterocycles. The molecule has 0 atom stereocenters. The molecule has 4 rings (SSSR count). The van der Waals surface area contributed by atoms with Gasteiger partial charge in [-0.1, -0.05) is 12.1 Å². The number of hydrogen-bond acceptors (Lipinski definition) is 5. The molecule has 0 aliphatic carbocycles. The molecule has 126 valence electrons. The molecule has 0 spiro atoms. The van der Waals surface area contributed by atoms with Crippen molar-refractivity contribution in [3.8, 4) is 22.4 Å². The van der Waals surface area contributed by atoms with Gasteiger partial charge in [-0.05, 0) is 37.6 Å². The summed E-state index contributed by atoms with van der Waals surface area (Å²) in [6, 6.07) is 10.3. The molecule has 4 aromatic rings. The highest BCUT2D eigenvalue weighted by Gasteiger charge is 2.20. The Morgan fingerprint density at radius 3 is 2.56 bits per heavy atom. The molecular formula is C18H19N7. The summed E-state index contributed by atoms with van der Waals surface area (Å²) in [6.45, 7) is 3.98. The van der Waals surface area contributed by atoms with Crippen LogP contribution in [0.5, 0.6) is 0 Å². The average Bonchev–Trinajstić information content (AvgIpc) is 3.16. The van der Waals surface area contributed by atoms with Crippen LogP contribution in [0.3, 0.4) is 0 Å². The number of fused-ring (bicyclic) bond motifs is 1. The van der Waals surface area contributed by atoms with Gasteiger partial charge < -0.3 is 11.1 Å². The van der Waals surface area contributed by atoms with Crippen LogP contribution in [0.25, 0.3) is 27.9 Å². The summed E-state index contributed by atoms with van der Waals surface area (Å²) in [7, 11) is 1.90. The molecule has 0 radical (unpaired) electrons. The van der Waals surface area contributed by atoms with E-state index >= 15 is 0 Å². The van der Waals surface area contributed by atoms with Gasteiger partial charge >= 0.3 is 0 Å². The molecule has 3 aromatic heterocycles. The van der Waals surface area contributed by atoms with E-state index in [0.717, 1.165) is 45.0 Å². The van der Waals surface area contributed by atoms with Crippen molar-refractivity contribution in [3.63, 3.8) is 0 Å². The smallest absolute Gasteiger partial charge is 0.152 e. The predicted octanol–water partition coefficient (Wildman–Crippen LogP) is 3.03. The second-order valence-corrected chi connectivity index (χ2v) is 5.99. The first-order chi connectivity index (χ1) is 12.1. The molecule has 0 amide bonds. The van der Waals surface area contributed by atoms with Crippen LogP contribution in [-0.4, -0.2) is 31.8 Å². The van der Waals surface area contributed by atoms with Crippen molar-refractivity contribution in [3.05, 3.63) is 48.0 Å². The number of nitrogens with two attached hydrogens (primary N) is 1. The third kappa shape index (κ3) is 2.32. The molecule has 0 aliphatic heterocycles. The van der Waals surface area contributed by atoms with Crippen LogP contribution in [0.15, 0.2) is 36.7 Å². The maximum absolute atomic E-state index is 6.19. The fourth-order valence-electron chi connectivity index (χ4n) is 3.21. The first-order valence-corrected chi connectivity index (χ1v) is 8.02. The van der Waals surface area contributed by atoms with Crippen molar-refractivity contribution >= 4 is 17.0 Å². The number of H-pyrrole nitrogens is 1. The highest BCUT2D eigenvalue weighted by molar-refractivity contribution is 5.92. The standard InChI is InChI=1S/C18H19N7/c1-10-16(11(2)24-23-10)15-8-14(12-4-6-13(20-3)7-5-12)17-18(19)21-9-22-25(15)17/h4-9,20H,1-3H3,(H,23,24)(H2,19,21,22). The van der Waals surface area contributed by atoms with Crippen molar-refractivity contribution in [2.75, 3.05) is 18.1 Å². The third-order valence-electron chi connectivity index (χ3n) is 4.45. The van der Waals surface area contributed by atoms with E-state index in [4.69, 9.17) is 5.73 Å². The SMILES string of the molecule is CNc1ccc(-c2cc(-c3c(C)n[nH]c3C)n3ncnc(N)c23)cc1. The molecule has 0 fully saturated rings. The molecule has 1 aromatic carbocycles. The molecule has 0 bridgehead atoms. The molecule has 7 heteroatoms. The Morgan fingerprint density at radius 2 is 1.92 bits per heavy atom. The summed E-state index contributed by atoms with van der Waals surface area (Å²) in [5.74, 6) is 0.452. The van der Waals surface area contributed by atoms with E-state index in [2.05, 4.69) is 43.8 Å². The summed E-state index contributed by atoms with van der Waals surface area (Å²) < 4.78 is 1.84. The van der Waals surface area contributed by atoms with Gasteiger partial charge in [-0.3, -0.25) is 5.10 Å². The fourth-order valence-corrected chi connectivity index (χ4v) is 3.21. The van der Waals surface area contributed by atoms with E-state index in [1.54, 1.807) is 0 Å². The quantitative estimate of drug-likeness (QED) is 0.535. The van der Waals surface area contributed by atoms with Crippen molar-refractivity contribution in [1.82, 2.24) is 24.8 Å². The molecule has 0 saturated carbocycles. The largest absolute Gasteiger partial charge is 0.388 e. The van der Waals surface area contributed by atoms with Gasteiger partial charge in [0, 0.05) is 29.6 Å². The van der Waals surface area contributed by atoms with E-state index < -0.39 is 0 Å². The Morgan fingerprint density at radius 1 is 1.16 bits per heavy atom. The van der Waals surface area contributed by atoms with Crippen molar-refractivity contribution in [2.45, 2.75) is 13.8 Å². The zero-order valence-electron chi connectivity index (χ0n) is 14.3. The highest BCUT2D eigenvalue weighted by atomic mass is 15.3. The third-order valence-corrected chi connectivity index (χ3v) is 4.45. The molecule has 0 aliphatic rings. The van der Waals surface area contributed by atoms with Gasteiger partial charge in [-0.15, -0.1) is 0 Å². The normalized spacial score (nSPS) is 11.2. The van der Waals surface area contributed by atoms with Crippen LogP contribution in [0, 0.1) is 13.8 Å². The Labute approximate surface area is 144 Å². The zero-order valence-corrected chi connectivity index (χ0v) is 14.3. The maximum atomic E-state index is 6.19. The van der Waals surface area contributed by atoms with Gasteiger partial charge in [0.15, 0.2) is 5.82 Å². The van der Waals surface area contributed by atoms with Gasteiger partial charge in [0.05, 0.1) is 11.4 Å². The number of aromatic amines is 1. The highest BCUT2D eigenvalue weighted by Crippen LogP contribution is 2.36. The summed E-state index contributed by atoms with van der Waals surface area (Å²) in [5.41, 5.74) is 14.0. The van der Waals surface area contributed by atoms with E-state index in [1.807, 2.05) is 37.5 Å². The van der Waals surface area contributed by atoms with E-state index in [-0.39, 0.29) is 0 Å². The molecular weight excluding hydrogens is 314 g/mol. The molecule has 25 heavy (non-hydrogen) atoms. The van der Waals surface area contributed by atoms with E-state index in [9.17, 15) is 0 Å². The predicted molar refractivity (Wildman–Crippen MR) is 99.4 cm³/mol. The monoisotopic (exact) mass is 333 g/mol. The van der Waals surface area contributed by atoms with Crippen LogP contribution in [-0.2, 0) is 0 Å². The van der Waals surface area contributed by atoms with Crippen LogP contribution in [0.1, 0.15) is 11.4 Å². The van der Waals surface area contributed by atoms with Crippen molar-refractivity contribution < 1.29 is 0 Å². The topological polar surface area (TPSA) is 96.9 Å². The van der Waals surface area contributed by atoms with Crippen LogP contribution < -0.4 is 11.1 Å². The van der Waals surface area contributed by atoms with E-state index in [0.29, 0.717) is 5.82 Å². The van der Waals surface area contributed by atoms with Gasteiger partial charge in [0.25, 0.3) is 0 Å².